The van der Waals surface area contributed by atoms with Crippen LogP contribution >= 0.6 is 0 Å². The highest BCUT2D eigenvalue weighted by atomic mass is 16.6. The van der Waals surface area contributed by atoms with Crippen LogP contribution in [0.5, 0.6) is 0 Å². The summed E-state index contributed by atoms with van der Waals surface area (Å²) in [6, 6.07) is 0. The number of hydrogen-bond donors (Lipinski definition) is 1. The van der Waals surface area contributed by atoms with Crippen molar-refractivity contribution in [2.75, 3.05) is 13.1 Å². The summed E-state index contributed by atoms with van der Waals surface area (Å²) >= 11 is 0. The number of nitrogens with zero attached hydrogens (tertiary/aromatic N) is 3. The van der Waals surface area contributed by atoms with Crippen molar-refractivity contribution in [2.24, 2.45) is 0 Å². The lowest BCUT2D eigenvalue weighted by molar-refractivity contribution is -0.385. The Bertz CT molecular complexity index is 394. The minimum absolute atomic E-state index is 0.0260. The molecule has 0 atom stereocenters. The number of carbonyl (C=O) groups is 1. The molecule has 1 aromatic heterocycles. The van der Waals surface area contributed by atoms with Crippen molar-refractivity contribution in [3.8, 4) is 0 Å². The summed E-state index contributed by atoms with van der Waals surface area (Å²) in [6.45, 7) is 1.32. The van der Waals surface area contributed by atoms with Crippen molar-refractivity contribution in [2.45, 2.75) is 12.8 Å². The summed E-state index contributed by atoms with van der Waals surface area (Å²) in [6.07, 6.45) is 2.96. The average molecular weight is 210 g/mol. The van der Waals surface area contributed by atoms with Gasteiger partial charge < -0.3 is 4.90 Å². The molecule has 2 heterocycles. The zero-order valence-electron chi connectivity index (χ0n) is 7.97. The Morgan fingerprint density at radius 2 is 2.20 bits per heavy atom. The Labute approximate surface area is 85.2 Å². The highest BCUT2D eigenvalue weighted by Crippen LogP contribution is 2.19. The number of carbonyl (C=O) groups excluding carboxylic acids is 1. The minimum Gasteiger partial charge on any atom is -0.337 e. The summed E-state index contributed by atoms with van der Waals surface area (Å²) in [5, 5.41) is 16.5. The largest absolute Gasteiger partial charge is 0.337 e. The van der Waals surface area contributed by atoms with E-state index in [1.807, 2.05) is 0 Å². The molecule has 0 aliphatic carbocycles. The van der Waals surface area contributed by atoms with E-state index in [-0.39, 0.29) is 17.3 Å². The first-order chi connectivity index (χ1) is 7.20. The van der Waals surface area contributed by atoms with Gasteiger partial charge in [-0.15, -0.1) is 0 Å². The summed E-state index contributed by atoms with van der Waals surface area (Å²) in [4.78, 5) is 23.4. The van der Waals surface area contributed by atoms with E-state index in [9.17, 15) is 14.9 Å². The van der Waals surface area contributed by atoms with Gasteiger partial charge in [0.15, 0.2) is 0 Å². The maximum atomic E-state index is 11.8. The molecular weight excluding hydrogens is 200 g/mol. The predicted molar refractivity (Wildman–Crippen MR) is 50.4 cm³/mol. The first kappa shape index (κ1) is 9.63. The van der Waals surface area contributed by atoms with Crippen molar-refractivity contribution >= 4 is 11.6 Å². The number of rotatable bonds is 2. The first-order valence-corrected chi connectivity index (χ1v) is 4.67. The zero-order valence-corrected chi connectivity index (χ0v) is 7.97. The topological polar surface area (TPSA) is 92.1 Å². The molecular formula is C8H10N4O3. The molecule has 0 bridgehead atoms. The van der Waals surface area contributed by atoms with E-state index in [0.29, 0.717) is 13.1 Å². The van der Waals surface area contributed by atoms with Crippen molar-refractivity contribution in [1.29, 1.82) is 0 Å². The molecule has 0 aromatic carbocycles. The molecule has 0 radical (unpaired) electrons. The fourth-order valence-electron chi connectivity index (χ4n) is 1.65. The Kier molecular flexibility index (Phi) is 2.36. The van der Waals surface area contributed by atoms with Gasteiger partial charge in [-0.05, 0) is 12.8 Å². The molecule has 80 valence electrons. The van der Waals surface area contributed by atoms with Crippen LogP contribution in [0.1, 0.15) is 23.3 Å². The van der Waals surface area contributed by atoms with Crippen LogP contribution in [-0.4, -0.2) is 39.0 Å². The summed E-state index contributed by atoms with van der Waals surface area (Å²) < 4.78 is 0. The van der Waals surface area contributed by atoms with Crippen molar-refractivity contribution in [1.82, 2.24) is 15.1 Å². The van der Waals surface area contributed by atoms with Gasteiger partial charge in [-0.3, -0.25) is 20.0 Å². The normalized spacial score (nSPS) is 15.6. The number of nitro groups is 1. The van der Waals surface area contributed by atoms with Gasteiger partial charge in [-0.25, -0.2) is 0 Å². The quantitative estimate of drug-likeness (QED) is 0.570. The van der Waals surface area contributed by atoms with E-state index in [1.165, 1.54) is 0 Å². The van der Waals surface area contributed by atoms with Gasteiger partial charge in [-0.2, -0.15) is 5.10 Å². The summed E-state index contributed by atoms with van der Waals surface area (Å²) in [5.41, 5.74) is -0.284. The SMILES string of the molecule is O=C(c1[nH]ncc1[N+](=O)[O-])N1CCCC1. The molecule has 15 heavy (non-hydrogen) atoms. The van der Waals surface area contributed by atoms with Gasteiger partial charge in [0.1, 0.15) is 6.20 Å². The molecule has 7 nitrogen and oxygen atoms in total. The molecule has 1 aliphatic rings. The minimum atomic E-state index is -0.604. The maximum absolute atomic E-state index is 11.8. The molecule has 1 saturated heterocycles. The van der Waals surface area contributed by atoms with Gasteiger partial charge in [0.05, 0.1) is 4.92 Å². The molecule has 0 unspecified atom stereocenters. The first-order valence-electron chi connectivity index (χ1n) is 4.67. The van der Waals surface area contributed by atoms with Gasteiger partial charge in [0.2, 0.25) is 5.69 Å². The lowest BCUT2D eigenvalue weighted by atomic mass is 10.3. The molecule has 7 heteroatoms. The molecule has 0 spiro atoms. The zero-order chi connectivity index (χ0) is 10.8. The molecule has 2 rings (SSSR count). The number of H-pyrrole nitrogens is 1. The van der Waals surface area contributed by atoms with Gasteiger partial charge >= 0.3 is 5.69 Å². The second kappa shape index (κ2) is 3.68. The van der Waals surface area contributed by atoms with Crippen molar-refractivity contribution in [3.05, 3.63) is 22.0 Å². The van der Waals surface area contributed by atoms with Gasteiger partial charge in [0, 0.05) is 13.1 Å². The van der Waals surface area contributed by atoms with Crippen LogP contribution < -0.4 is 0 Å². The lowest BCUT2D eigenvalue weighted by Crippen LogP contribution is -2.28. The van der Waals surface area contributed by atoms with E-state index in [2.05, 4.69) is 10.2 Å². The monoisotopic (exact) mass is 210 g/mol. The number of aromatic nitrogens is 2. The maximum Gasteiger partial charge on any atom is 0.319 e. The van der Waals surface area contributed by atoms with E-state index >= 15 is 0 Å². The predicted octanol–water partition coefficient (Wildman–Crippen LogP) is 0.554. The number of amides is 1. The van der Waals surface area contributed by atoms with E-state index in [0.717, 1.165) is 19.0 Å². The van der Waals surface area contributed by atoms with Crippen molar-refractivity contribution in [3.63, 3.8) is 0 Å². The molecule has 1 aromatic rings. The smallest absolute Gasteiger partial charge is 0.319 e. The number of nitrogens with one attached hydrogen (secondary N) is 1. The third-order valence-electron chi connectivity index (χ3n) is 2.42. The third-order valence-corrected chi connectivity index (χ3v) is 2.42. The highest BCUT2D eigenvalue weighted by molar-refractivity contribution is 5.96. The summed E-state index contributed by atoms with van der Waals surface area (Å²) in [5.74, 6) is -0.336. The molecule has 1 fully saturated rings. The van der Waals surface area contributed by atoms with Crippen LogP contribution in [0.2, 0.25) is 0 Å². The molecule has 1 aliphatic heterocycles. The van der Waals surface area contributed by atoms with Crippen LogP contribution in [0.3, 0.4) is 0 Å². The molecule has 1 N–H and O–H groups in total. The average Bonchev–Trinajstić information content (AvgIpc) is 2.88. The van der Waals surface area contributed by atoms with Crippen LogP contribution in [0, 0.1) is 10.1 Å². The number of likely N-dealkylation sites (tertiary alicyclic amines) is 1. The standard InChI is InChI=1S/C8H10N4O3/c13-8(11-3-1-2-4-11)7-6(12(14)15)5-9-10-7/h5H,1-4H2,(H,9,10). The van der Waals surface area contributed by atoms with Crippen LogP contribution in [0.25, 0.3) is 0 Å². The second-order valence-electron chi connectivity index (χ2n) is 3.39. The Hall–Kier alpha value is -1.92. The van der Waals surface area contributed by atoms with Crippen LogP contribution in [0.15, 0.2) is 6.20 Å². The summed E-state index contributed by atoms with van der Waals surface area (Å²) in [7, 11) is 0. The van der Waals surface area contributed by atoms with Crippen LogP contribution in [0.4, 0.5) is 5.69 Å². The van der Waals surface area contributed by atoms with E-state index in [4.69, 9.17) is 0 Å². The van der Waals surface area contributed by atoms with Crippen LogP contribution in [-0.2, 0) is 0 Å². The second-order valence-corrected chi connectivity index (χ2v) is 3.39. The Morgan fingerprint density at radius 1 is 1.53 bits per heavy atom. The lowest BCUT2D eigenvalue weighted by Gasteiger charge is -2.12. The third kappa shape index (κ3) is 1.67. The Balaban J connectivity index is 2.24. The van der Waals surface area contributed by atoms with Gasteiger partial charge in [0.25, 0.3) is 5.91 Å². The molecule has 0 saturated carbocycles. The van der Waals surface area contributed by atoms with E-state index < -0.39 is 4.92 Å². The molecule has 1 amide bonds. The number of hydrogen-bond acceptors (Lipinski definition) is 4. The fourth-order valence-corrected chi connectivity index (χ4v) is 1.65. The van der Waals surface area contributed by atoms with Crippen molar-refractivity contribution < 1.29 is 9.72 Å². The highest BCUT2D eigenvalue weighted by Gasteiger charge is 2.28. The van der Waals surface area contributed by atoms with E-state index in [1.54, 1.807) is 4.90 Å². The Morgan fingerprint density at radius 3 is 2.80 bits per heavy atom. The fraction of sp³-hybridized carbons (Fsp3) is 0.500. The number of aromatic amines is 1. The van der Waals surface area contributed by atoms with Gasteiger partial charge in [-0.1, -0.05) is 0 Å².